The first-order valence-corrected chi connectivity index (χ1v) is 11.5. The molecule has 1 saturated heterocycles. The summed E-state index contributed by atoms with van der Waals surface area (Å²) >= 11 is 0. The summed E-state index contributed by atoms with van der Waals surface area (Å²) in [6.45, 7) is 8.84. The van der Waals surface area contributed by atoms with Crippen LogP contribution in [0.15, 0.2) is 4.52 Å². The second-order valence-electron chi connectivity index (χ2n) is 9.24. The molecule has 30 heavy (non-hydrogen) atoms. The van der Waals surface area contributed by atoms with Crippen molar-refractivity contribution in [1.29, 1.82) is 0 Å². The van der Waals surface area contributed by atoms with Crippen LogP contribution in [-0.4, -0.2) is 52.5 Å². The van der Waals surface area contributed by atoms with Crippen LogP contribution >= 0.6 is 0 Å². The third-order valence-corrected chi connectivity index (χ3v) is 6.47. The summed E-state index contributed by atoms with van der Waals surface area (Å²) in [6, 6.07) is 0.562. The van der Waals surface area contributed by atoms with Crippen LogP contribution in [0.25, 0.3) is 0 Å². The number of likely N-dealkylation sites (tertiary alicyclic amines) is 1. The van der Waals surface area contributed by atoms with Gasteiger partial charge in [-0.05, 0) is 45.6 Å². The Balaban J connectivity index is 1.49. The zero-order valence-corrected chi connectivity index (χ0v) is 18.7. The first kappa shape index (κ1) is 22.7. The number of nitrogens with zero attached hydrogens (tertiary/aromatic N) is 3. The summed E-state index contributed by atoms with van der Waals surface area (Å²) in [4.78, 5) is 31.1. The van der Waals surface area contributed by atoms with Crippen LogP contribution in [0.2, 0.25) is 0 Å². The van der Waals surface area contributed by atoms with Gasteiger partial charge in [0.25, 0.3) is 0 Å². The summed E-state index contributed by atoms with van der Waals surface area (Å²) in [6.07, 6.45) is 7.89. The quantitative estimate of drug-likeness (QED) is 0.628. The van der Waals surface area contributed by atoms with E-state index in [2.05, 4.69) is 39.5 Å². The lowest BCUT2D eigenvalue weighted by Crippen LogP contribution is -2.45. The minimum Gasteiger partial charge on any atom is -0.356 e. The van der Waals surface area contributed by atoms with Gasteiger partial charge in [-0.25, -0.2) is 0 Å². The molecule has 2 amide bonds. The number of aryl methyl sites for hydroxylation is 1. The number of nitrogens with one attached hydrogen (secondary N) is 2. The van der Waals surface area contributed by atoms with Crippen molar-refractivity contribution >= 4 is 11.8 Å². The first-order chi connectivity index (χ1) is 14.4. The summed E-state index contributed by atoms with van der Waals surface area (Å²) in [5, 5.41) is 10.3. The van der Waals surface area contributed by atoms with Crippen LogP contribution in [0.4, 0.5) is 0 Å². The van der Waals surface area contributed by atoms with E-state index in [1.807, 2.05) is 0 Å². The molecule has 8 nitrogen and oxygen atoms in total. The fraction of sp³-hybridized carbons (Fsp3) is 0.818. The zero-order valence-electron chi connectivity index (χ0n) is 18.7. The number of hydrogen-bond acceptors (Lipinski definition) is 6. The molecule has 1 aliphatic carbocycles. The van der Waals surface area contributed by atoms with Gasteiger partial charge < -0.3 is 20.1 Å². The number of carbonyl (C=O) groups excluding carboxylic acids is 2. The molecule has 1 aliphatic heterocycles. The molecule has 3 rings (SSSR count). The standard InChI is InChI=1S/C22H37N5O3/c1-16(2)27-13-10-18(15-27)14-23-19(29)8-9-20-24-21(26-30-20)22(25-17(3)28)11-6-4-5-7-12-22/h16,18H,4-15H2,1-3H3,(H,23,29)(H,25,28). The van der Waals surface area contributed by atoms with Gasteiger partial charge in [0, 0.05) is 38.9 Å². The average molecular weight is 420 g/mol. The normalized spacial score (nSPS) is 22.1. The predicted molar refractivity (Wildman–Crippen MR) is 114 cm³/mol. The molecule has 2 N–H and O–H groups in total. The highest BCUT2D eigenvalue weighted by atomic mass is 16.5. The number of amides is 2. The van der Waals surface area contributed by atoms with E-state index in [-0.39, 0.29) is 11.8 Å². The number of rotatable bonds is 8. The van der Waals surface area contributed by atoms with Crippen molar-refractivity contribution < 1.29 is 14.1 Å². The van der Waals surface area contributed by atoms with Gasteiger partial charge in [0.2, 0.25) is 17.7 Å². The van der Waals surface area contributed by atoms with Crippen molar-refractivity contribution in [2.75, 3.05) is 19.6 Å². The van der Waals surface area contributed by atoms with Gasteiger partial charge in [0.15, 0.2) is 5.82 Å². The fourth-order valence-corrected chi connectivity index (χ4v) is 4.69. The molecule has 0 bridgehead atoms. The molecule has 2 heterocycles. The number of aromatic nitrogens is 2. The van der Waals surface area contributed by atoms with E-state index < -0.39 is 5.54 Å². The van der Waals surface area contributed by atoms with Crippen LogP contribution in [-0.2, 0) is 21.5 Å². The third-order valence-electron chi connectivity index (χ3n) is 6.47. The van der Waals surface area contributed by atoms with Crippen molar-refractivity contribution in [1.82, 2.24) is 25.7 Å². The van der Waals surface area contributed by atoms with E-state index >= 15 is 0 Å². The highest BCUT2D eigenvalue weighted by Gasteiger charge is 2.38. The molecule has 2 aliphatic rings. The van der Waals surface area contributed by atoms with Gasteiger partial charge in [-0.3, -0.25) is 9.59 Å². The number of hydrogen-bond donors (Lipinski definition) is 2. The monoisotopic (exact) mass is 419 g/mol. The topological polar surface area (TPSA) is 100 Å². The molecule has 1 unspecified atom stereocenters. The summed E-state index contributed by atoms with van der Waals surface area (Å²) in [5.41, 5.74) is -0.545. The molecule has 1 saturated carbocycles. The molecule has 1 atom stereocenters. The first-order valence-electron chi connectivity index (χ1n) is 11.5. The second kappa shape index (κ2) is 10.4. The number of carbonyl (C=O) groups is 2. The molecule has 0 radical (unpaired) electrons. The predicted octanol–water partition coefficient (Wildman–Crippen LogP) is 2.53. The van der Waals surface area contributed by atoms with Crippen LogP contribution < -0.4 is 10.6 Å². The van der Waals surface area contributed by atoms with Crippen molar-refractivity contribution in [2.45, 2.75) is 90.1 Å². The van der Waals surface area contributed by atoms with Crippen molar-refractivity contribution in [2.24, 2.45) is 5.92 Å². The molecule has 2 fully saturated rings. The van der Waals surface area contributed by atoms with Crippen LogP contribution in [0.1, 0.15) is 83.9 Å². The Morgan fingerprint density at radius 2 is 1.97 bits per heavy atom. The summed E-state index contributed by atoms with van der Waals surface area (Å²) in [5.74, 6) is 1.48. The van der Waals surface area contributed by atoms with Gasteiger partial charge in [-0.15, -0.1) is 0 Å². The van der Waals surface area contributed by atoms with Gasteiger partial charge in [-0.2, -0.15) is 4.98 Å². The highest BCUT2D eigenvalue weighted by molar-refractivity contribution is 5.76. The largest absolute Gasteiger partial charge is 0.356 e. The summed E-state index contributed by atoms with van der Waals surface area (Å²) < 4.78 is 5.43. The Kier molecular flexibility index (Phi) is 7.86. The highest BCUT2D eigenvalue weighted by Crippen LogP contribution is 2.34. The Morgan fingerprint density at radius 1 is 1.23 bits per heavy atom. The fourth-order valence-electron chi connectivity index (χ4n) is 4.69. The Bertz CT molecular complexity index is 709. The van der Waals surface area contributed by atoms with Crippen LogP contribution in [0, 0.1) is 5.92 Å². The lowest BCUT2D eigenvalue weighted by atomic mass is 9.89. The van der Waals surface area contributed by atoms with E-state index in [1.54, 1.807) is 0 Å². The molecular formula is C22H37N5O3. The van der Waals surface area contributed by atoms with Crippen molar-refractivity contribution in [3.05, 3.63) is 11.7 Å². The van der Waals surface area contributed by atoms with Crippen molar-refractivity contribution in [3.8, 4) is 0 Å². The molecule has 1 aromatic heterocycles. The van der Waals surface area contributed by atoms with E-state index in [0.29, 0.717) is 36.5 Å². The molecule has 0 spiro atoms. The molecule has 0 aromatic carbocycles. The molecule has 168 valence electrons. The maximum Gasteiger partial charge on any atom is 0.227 e. The van der Waals surface area contributed by atoms with Crippen LogP contribution in [0.5, 0.6) is 0 Å². The zero-order chi connectivity index (χ0) is 21.6. The van der Waals surface area contributed by atoms with Crippen LogP contribution in [0.3, 0.4) is 0 Å². The van der Waals surface area contributed by atoms with Crippen molar-refractivity contribution in [3.63, 3.8) is 0 Å². The van der Waals surface area contributed by atoms with E-state index in [1.165, 1.54) is 6.92 Å². The minimum atomic E-state index is -0.545. The maximum atomic E-state index is 12.3. The average Bonchev–Trinajstić information content (AvgIpc) is 3.31. The maximum absolute atomic E-state index is 12.3. The summed E-state index contributed by atoms with van der Waals surface area (Å²) in [7, 11) is 0. The van der Waals surface area contributed by atoms with E-state index in [4.69, 9.17) is 4.52 Å². The SMILES string of the molecule is CC(=O)NC1(c2noc(CCC(=O)NCC3CCN(C(C)C)C3)n2)CCCCCC1. The molecule has 1 aromatic rings. The van der Waals surface area contributed by atoms with Gasteiger partial charge in [0.1, 0.15) is 5.54 Å². The third kappa shape index (κ3) is 6.03. The molecular weight excluding hydrogens is 382 g/mol. The Morgan fingerprint density at radius 3 is 2.60 bits per heavy atom. The van der Waals surface area contributed by atoms with E-state index in [9.17, 15) is 9.59 Å². The lowest BCUT2D eigenvalue weighted by molar-refractivity contribution is -0.122. The Labute approximate surface area is 179 Å². The Hall–Kier alpha value is -1.96. The molecule has 8 heteroatoms. The van der Waals surface area contributed by atoms with Gasteiger partial charge in [-0.1, -0.05) is 30.8 Å². The van der Waals surface area contributed by atoms with Gasteiger partial charge >= 0.3 is 0 Å². The minimum absolute atomic E-state index is 0.0174. The second-order valence-corrected chi connectivity index (χ2v) is 9.24. The smallest absolute Gasteiger partial charge is 0.227 e. The van der Waals surface area contributed by atoms with Gasteiger partial charge in [0.05, 0.1) is 0 Å². The van der Waals surface area contributed by atoms with E-state index in [0.717, 1.165) is 64.6 Å². The lowest BCUT2D eigenvalue weighted by Gasteiger charge is -2.30.